The molecule has 0 aliphatic rings. The standard InChI is InChI=1S/C15H14BrClN2O2/c1-10(11-2-4-13(16)5-3-11)18-9-12-8-14(17)6-7-15(12)19(20)21/h2-8,10,18H,9H2,1H3/t10-/m1/s1. The Morgan fingerprint density at radius 2 is 1.95 bits per heavy atom. The first-order valence-electron chi connectivity index (χ1n) is 6.39. The van der Waals surface area contributed by atoms with E-state index < -0.39 is 4.92 Å². The van der Waals surface area contributed by atoms with Gasteiger partial charge < -0.3 is 5.32 Å². The van der Waals surface area contributed by atoms with Gasteiger partial charge in [0.2, 0.25) is 0 Å². The molecule has 1 N–H and O–H groups in total. The van der Waals surface area contributed by atoms with Crippen molar-refractivity contribution in [2.24, 2.45) is 0 Å². The van der Waals surface area contributed by atoms with Gasteiger partial charge in [0.05, 0.1) is 4.92 Å². The van der Waals surface area contributed by atoms with Crippen LogP contribution in [0.4, 0.5) is 5.69 Å². The lowest BCUT2D eigenvalue weighted by Crippen LogP contribution is -2.18. The van der Waals surface area contributed by atoms with Gasteiger partial charge >= 0.3 is 0 Å². The van der Waals surface area contributed by atoms with Crippen LogP contribution < -0.4 is 5.32 Å². The lowest BCUT2D eigenvalue weighted by Gasteiger charge is -2.14. The Balaban J connectivity index is 2.10. The summed E-state index contributed by atoms with van der Waals surface area (Å²) in [6.45, 7) is 2.40. The Bertz CT molecular complexity index is 647. The van der Waals surface area contributed by atoms with E-state index in [1.165, 1.54) is 12.1 Å². The van der Waals surface area contributed by atoms with Crippen molar-refractivity contribution in [2.75, 3.05) is 0 Å². The molecule has 0 fully saturated rings. The molecular weight excluding hydrogens is 356 g/mol. The number of benzene rings is 2. The molecule has 4 nitrogen and oxygen atoms in total. The fourth-order valence-electron chi connectivity index (χ4n) is 2.01. The average molecular weight is 370 g/mol. The minimum atomic E-state index is -0.391. The molecule has 0 saturated heterocycles. The van der Waals surface area contributed by atoms with Gasteiger partial charge in [-0.15, -0.1) is 0 Å². The van der Waals surface area contributed by atoms with Gasteiger partial charge in [0.15, 0.2) is 0 Å². The van der Waals surface area contributed by atoms with Gasteiger partial charge in [-0.25, -0.2) is 0 Å². The topological polar surface area (TPSA) is 55.2 Å². The summed E-state index contributed by atoms with van der Waals surface area (Å²) in [5.74, 6) is 0. The highest BCUT2D eigenvalue weighted by atomic mass is 79.9. The molecule has 0 heterocycles. The van der Waals surface area contributed by atoms with E-state index in [-0.39, 0.29) is 11.7 Å². The van der Waals surface area contributed by atoms with Gasteiger partial charge in [0, 0.05) is 33.7 Å². The average Bonchev–Trinajstić information content (AvgIpc) is 2.45. The van der Waals surface area contributed by atoms with Gasteiger partial charge in [0.25, 0.3) is 5.69 Å². The van der Waals surface area contributed by atoms with Crippen molar-refractivity contribution in [1.29, 1.82) is 0 Å². The first-order valence-corrected chi connectivity index (χ1v) is 7.56. The molecule has 2 rings (SSSR count). The molecule has 21 heavy (non-hydrogen) atoms. The van der Waals surface area contributed by atoms with E-state index in [9.17, 15) is 10.1 Å². The van der Waals surface area contributed by atoms with Crippen LogP contribution in [0.1, 0.15) is 24.1 Å². The third-order valence-corrected chi connectivity index (χ3v) is 3.97. The number of nitrogens with one attached hydrogen (secondary N) is 1. The van der Waals surface area contributed by atoms with Crippen LogP contribution in [0.5, 0.6) is 0 Å². The van der Waals surface area contributed by atoms with Crippen LogP contribution in [0.15, 0.2) is 46.9 Å². The zero-order valence-corrected chi connectivity index (χ0v) is 13.7. The van der Waals surface area contributed by atoms with E-state index >= 15 is 0 Å². The highest BCUT2D eigenvalue weighted by molar-refractivity contribution is 9.10. The Morgan fingerprint density at radius 1 is 1.29 bits per heavy atom. The Morgan fingerprint density at radius 3 is 2.57 bits per heavy atom. The molecule has 0 aliphatic carbocycles. The maximum atomic E-state index is 11.0. The Hall–Kier alpha value is -1.43. The molecule has 0 unspecified atom stereocenters. The maximum absolute atomic E-state index is 11.0. The van der Waals surface area contributed by atoms with Crippen molar-refractivity contribution in [3.63, 3.8) is 0 Å². The van der Waals surface area contributed by atoms with Gasteiger partial charge in [0.1, 0.15) is 0 Å². The smallest absolute Gasteiger partial charge is 0.273 e. The predicted molar refractivity (Wildman–Crippen MR) is 87.5 cm³/mol. The normalized spacial score (nSPS) is 12.1. The first-order chi connectivity index (χ1) is 9.97. The lowest BCUT2D eigenvalue weighted by atomic mass is 10.1. The number of nitrogens with zero attached hydrogens (tertiary/aromatic N) is 1. The summed E-state index contributed by atoms with van der Waals surface area (Å²) in [6, 6.07) is 12.6. The van der Waals surface area contributed by atoms with Crippen LogP contribution in [0.2, 0.25) is 5.02 Å². The van der Waals surface area contributed by atoms with Crippen molar-refractivity contribution >= 4 is 33.2 Å². The number of nitro benzene ring substituents is 1. The number of hydrogen-bond donors (Lipinski definition) is 1. The Kier molecular flexibility index (Phi) is 5.33. The van der Waals surface area contributed by atoms with Crippen molar-refractivity contribution in [3.8, 4) is 0 Å². The van der Waals surface area contributed by atoms with Gasteiger partial charge in [-0.05, 0) is 36.8 Å². The van der Waals surface area contributed by atoms with Crippen molar-refractivity contribution in [2.45, 2.75) is 19.5 Å². The van der Waals surface area contributed by atoms with Crippen LogP contribution >= 0.6 is 27.5 Å². The number of hydrogen-bond acceptors (Lipinski definition) is 3. The second-order valence-corrected chi connectivity index (χ2v) is 6.04. The molecule has 6 heteroatoms. The first kappa shape index (κ1) is 15.9. The molecule has 2 aromatic rings. The molecule has 2 aromatic carbocycles. The van der Waals surface area contributed by atoms with Gasteiger partial charge in [-0.1, -0.05) is 39.7 Å². The van der Waals surface area contributed by atoms with Gasteiger partial charge in [-0.2, -0.15) is 0 Å². The summed E-state index contributed by atoms with van der Waals surface area (Å²) in [5.41, 5.74) is 1.77. The largest absolute Gasteiger partial charge is 0.306 e. The van der Waals surface area contributed by atoms with E-state index in [2.05, 4.69) is 21.2 Å². The molecule has 0 aliphatic heterocycles. The van der Waals surface area contributed by atoms with Gasteiger partial charge in [-0.3, -0.25) is 10.1 Å². The van der Waals surface area contributed by atoms with Crippen LogP contribution in [0.3, 0.4) is 0 Å². The minimum Gasteiger partial charge on any atom is -0.306 e. The summed E-state index contributed by atoms with van der Waals surface area (Å²) < 4.78 is 1.02. The van der Waals surface area contributed by atoms with E-state index in [0.717, 1.165) is 10.0 Å². The lowest BCUT2D eigenvalue weighted by molar-refractivity contribution is -0.385. The maximum Gasteiger partial charge on any atom is 0.273 e. The third kappa shape index (κ3) is 4.27. The molecular formula is C15H14BrClN2O2. The van der Waals surface area contributed by atoms with Crippen LogP contribution in [-0.2, 0) is 6.54 Å². The number of nitro groups is 1. The number of rotatable bonds is 5. The monoisotopic (exact) mass is 368 g/mol. The summed E-state index contributed by atoms with van der Waals surface area (Å²) in [6.07, 6.45) is 0. The molecule has 110 valence electrons. The summed E-state index contributed by atoms with van der Waals surface area (Å²) in [4.78, 5) is 10.6. The molecule has 0 amide bonds. The summed E-state index contributed by atoms with van der Waals surface area (Å²) in [7, 11) is 0. The molecule has 0 saturated carbocycles. The fourth-order valence-corrected chi connectivity index (χ4v) is 2.47. The second kappa shape index (κ2) is 7.02. The molecule has 0 aromatic heterocycles. The van der Waals surface area contributed by atoms with Crippen LogP contribution in [0, 0.1) is 10.1 Å². The third-order valence-electron chi connectivity index (χ3n) is 3.21. The van der Waals surface area contributed by atoms with E-state index in [0.29, 0.717) is 17.1 Å². The SMILES string of the molecule is C[C@@H](NCc1cc(Cl)ccc1[N+](=O)[O-])c1ccc(Br)cc1. The zero-order valence-electron chi connectivity index (χ0n) is 11.3. The van der Waals surface area contributed by atoms with E-state index in [1.54, 1.807) is 6.07 Å². The fraction of sp³-hybridized carbons (Fsp3) is 0.200. The highest BCUT2D eigenvalue weighted by Gasteiger charge is 2.14. The second-order valence-electron chi connectivity index (χ2n) is 4.68. The Labute approximate surface area is 136 Å². The summed E-state index contributed by atoms with van der Waals surface area (Å²) in [5, 5.41) is 14.8. The van der Waals surface area contributed by atoms with Crippen molar-refractivity contribution in [1.82, 2.24) is 5.32 Å². The number of halogens is 2. The van der Waals surface area contributed by atoms with E-state index in [4.69, 9.17) is 11.6 Å². The van der Waals surface area contributed by atoms with Crippen molar-refractivity contribution in [3.05, 3.63) is 73.2 Å². The van der Waals surface area contributed by atoms with E-state index in [1.807, 2.05) is 31.2 Å². The highest BCUT2D eigenvalue weighted by Crippen LogP contribution is 2.24. The molecule has 0 bridgehead atoms. The molecule has 1 atom stereocenters. The molecule has 0 radical (unpaired) electrons. The molecule has 0 spiro atoms. The van der Waals surface area contributed by atoms with Crippen molar-refractivity contribution < 1.29 is 4.92 Å². The summed E-state index contributed by atoms with van der Waals surface area (Å²) >= 11 is 9.31. The predicted octanol–water partition coefficient (Wildman–Crippen LogP) is 4.86. The zero-order chi connectivity index (χ0) is 15.4. The minimum absolute atomic E-state index is 0.0786. The van der Waals surface area contributed by atoms with Crippen LogP contribution in [-0.4, -0.2) is 4.92 Å². The quantitative estimate of drug-likeness (QED) is 0.605. The van der Waals surface area contributed by atoms with Crippen LogP contribution in [0.25, 0.3) is 0 Å².